The largest absolute Gasteiger partial charge is 0.384 e. The molecule has 20 heavy (non-hydrogen) atoms. The van der Waals surface area contributed by atoms with E-state index in [4.69, 9.17) is 4.74 Å². The molecule has 2 amide bonds. The first-order valence-corrected chi connectivity index (χ1v) is 6.77. The van der Waals surface area contributed by atoms with Crippen LogP contribution in [0.15, 0.2) is 24.3 Å². The van der Waals surface area contributed by atoms with Gasteiger partial charge < -0.3 is 15.4 Å². The van der Waals surface area contributed by atoms with Crippen LogP contribution in [-0.4, -0.2) is 25.5 Å². The van der Waals surface area contributed by atoms with Crippen molar-refractivity contribution < 1.29 is 14.3 Å². The Hall–Kier alpha value is -1.88. The van der Waals surface area contributed by atoms with Crippen LogP contribution in [0.2, 0.25) is 0 Å². The molecule has 1 unspecified atom stereocenters. The van der Waals surface area contributed by atoms with Gasteiger partial charge in [-0.25, -0.2) is 0 Å². The molecule has 0 radical (unpaired) electrons. The van der Waals surface area contributed by atoms with Gasteiger partial charge in [-0.3, -0.25) is 9.59 Å². The number of ether oxygens (including phenoxy) is 1. The van der Waals surface area contributed by atoms with Crippen LogP contribution >= 0.6 is 0 Å². The molecule has 5 heteroatoms. The first-order chi connectivity index (χ1) is 9.58. The number of benzene rings is 1. The van der Waals surface area contributed by atoms with Gasteiger partial charge in [0.05, 0.1) is 24.4 Å². The van der Waals surface area contributed by atoms with Crippen LogP contribution in [-0.2, 0) is 14.3 Å². The molecule has 2 N–H and O–H groups in total. The second-order valence-electron chi connectivity index (χ2n) is 4.64. The molecule has 1 rings (SSSR count). The number of hydrogen-bond donors (Lipinski definition) is 2. The van der Waals surface area contributed by atoms with E-state index in [0.29, 0.717) is 18.0 Å². The summed E-state index contributed by atoms with van der Waals surface area (Å²) < 4.78 is 4.86. The molecule has 1 atom stereocenters. The molecule has 0 aromatic heterocycles. The van der Waals surface area contributed by atoms with Gasteiger partial charge in [-0.15, -0.1) is 0 Å². The molecule has 0 aliphatic heterocycles. The number of para-hydroxylation sites is 2. The van der Waals surface area contributed by atoms with E-state index in [1.165, 1.54) is 0 Å². The van der Waals surface area contributed by atoms with Gasteiger partial charge in [-0.1, -0.05) is 26.0 Å². The second kappa shape index (κ2) is 8.32. The molecule has 0 saturated carbocycles. The van der Waals surface area contributed by atoms with Gasteiger partial charge in [-0.2, -0.15) is 0 Å². The van der Waals surface area contributed by atoms with E-state index < -0.39 is 0 Å². The van der Waals surface area contributed by atoms with Crippen molar-refractivity contribution in [3.63, 3.8) is 0 Å². The predicted octanol–water partition coefficient (Wildman–Crippen LogP) is 2.65. The summed E-state index contributed by atoms with van der Waals surface area (Å²) in [6, 6.07) is 7.16. The highest BCUT2D eigenvalue weighted by Gasteiger charge is 2.13. The number of carbonyl (C=O) groups excluding carboxylic acids is 2. The third kappa shape index (κ3) is 5.01. The number of rotatable bonds is 7. The molecule has 110 valence electrons. The molecule has 5 nitrogen and oxygen atoms in total. The maximum absolute atomic E-state index is 11.9. The highest BCUT2D eigenvalue weighted by Crippen LogP contribution is 2.22. The third-order valence-corrected chi connectivity index (χ3v) is 3.05. The van der Waals surface area contributed by atoms with E-state index >= 15 is 0 Å². The van der Waals surface area contributed by atoms with Crippen molar-refractivity contribution in [2.45, 2.75) is 26.7 Å². The van der Waals surface area contributed by atoms with Gasteiger partial charge >= 0.3 is 0 Å². The molecule has 0 heterocycles. The van der Waals surface area contributed by atoms with Crippen molar-refractivity contribution in [1.82, 2.24) is 0 Å². The lowest BCUT2D eigenvalue weighted by molar-refractivity contribution is -0.119. The molecule has 0 aliphatic rings. The molecule has 0 saturated heterocycles. The van der Waals surface area contributed by atoms with Gasteiger partial charge in [0.2, 0.25) is 11.8 Å². The van der Waals surface area contributed by atoms with Gasteiger partial charge in [0, 0.05) is 13.0 Å². The Balaban J connectivity index is 2.73. The summed E-state index contributed by atoms with van der Waals surface area (Å²) in [7, 11) is 1.55. The van der Waals surface area contributed by atoms with E-state index in [2.05, 4.69) is 10.6 Å². The molecule has 1 aromatic carbocycles. The summed E-state index contributed by atoms with van der Waals surface area (Å²) in [6.07, 6.45) is 1.05. The summed E-state index contributed by atoms with van der Waals surface area (Å²) in [6.45, 7) is 4.20. The predicted molar refractivity (Wildman–Crippen MR) is 79.6 cm³/mol. The lowest BCUT2D eigenvalue weighted by Crippen LogP contribution is -2.21. The second-order valence-corrected chi connectivity index (χ2v) is 4.64. The van der Waals surface area contributed by atoms with Crippen LogP contribution in [0.1, 0.15) is 26.7 Å². The Morgan fingerprint density at radius 3 is 2.35 bits per heavy atom. The SMILES string of the molecule is CCC(C)C(=O)Nc1ccccc1NC(=O)CCOC. The van der Waals surface area contributed by atoms with Crippen molar-refractivity contribution in [1.29, 1.82) is 0 Å². The van der Waals surface area contributed by atoms with Crippen molar-refractivity contribution in [3.05, 3.63) is 24.3 Å². The van der Waals surface area contributed by atoms with Crippen LogP contribution in [0.5, 0.6) is 0 Å². The molecule has 0 fully saturated rings. The standard InChI is InChI=1S/C15H22N2O3/c1-4-11(2)15(19)17-13-8-6-5-7-12(13)16-14(18)9-10-20-3/h5-8,11H,4,9-10H2,1-3H3,(H,16,18)(H,17,19). The van der Waals surface area contributed by atoms with Gasteiger partial charge in [0.25, 0.3) is 0 Å². The molecule has 0 bridgehead atoms. The van der Waals surface area contributed by atoms with E-state index in [1.54, 1.807) is 19.2 Å². The van der Waals surface area contributed by atoms with Crippen molar-refractivity contribution in [2.24, 2.45) is 5.92 Å². The number of amides is 2. The Bertz CT molecular complexity index is 460. The van der Waals surface area contributed by atoms with Crippen LogP contribution in [0.4, 0.5) is 11.4 Å². The fraction of sp³-hybridized carbons (Fsp3) is 0.467. The Labute approximate surface area is 119 Å². The van der Waals surface area contributed by atoms with Crippen LogP contribution < -0.4 is 10.6 Å². The topological polar surface area (TPSA) is 67.4 Å². The average Bonchev–Trinajstić information content (AvgIpc) is 2.46. The minimum atomic E-state index is -0.142. The monoisotopic (exact) mass is 278 g/mol. The smallest absolute Gasteiger partial charge is 0.227 e. The molecular weight excluding hydrogens is 256 g/mol. The summed E-state index contributed by atoms with van der Waals surface area (Å²) >= 11 is 0. The fourth-order valence-corrected chi connectivity index (χ4v) is 1.55. The zero-order chi connectivity index (χ0) is 15.0. The van der Waals surface area contributed by atoms with E-state index in [-0.39, 0.29) is 24.2 Å². The van der Waals surface area contributed by atoms with Crippen LogP contribution in [0, 0.1) is 5.92 Å². The summed E-state index contributed by atoms with van der Waals surface area (Å²) in [5.41, 5.74) is 1.22. The van der Waals surface area contributed by atoms with E-state index in [9.17, 15) is 9.59 Å². The lowest BCUT2D eigenvalue weighted by Gasteiger charge is -2.14. The van der Waals surface area contributed by atoms with E-state index in [1.807, 2.05) is 26.0 Å². The summed E-state index contributed by atoms with van der Waals surface area (Å²) in [5.74, 6) is -0.254. The maximum atomic E-state index is 11.9. The number of nitrogens with one attached hydrogen (secondary N) is 2. The first-order valence-electron chi connectivity index (χ1n) is 6.77. The first kappa shape index (κ1) is 16.2. The number of anilines is 2. The zero-order valence-corrected chi connectivity index (χ0v) is 12.2. The van der Waals surface area contributed by atoms with E-state index in [0.717, 1.165) is 6.42 Å². The van der Waals surface area contributed by atoms with Crippen LogP contribution in [0.25, 0.3) is 0 Å². The van der Waals surface area contributed by atoms with Gasteiger partial charge in [0.15, 0.2) is 0 Å². The third-order valence-electron chi connectivity index (χ3n) is 3.05. The highest BCUT2D eigenvalue weighted by atomic mass is 16.5. The normalized spacial score (nSPS) is 11.8. The number of carbonyl (C=O) groups is 2. The summed E-state index contributed by atoms with van der Waals surface area (Å²) in [4.78, 5) is 23.6. The Morgan fingerprint density at radius 1 is 1.20 bits per heavy atom. The quantitative estimate of drug-likeness (QED) is 0.805. The lowest BCUT2D eigenvalue weighted by atomic mass is 10.1. The molecular formula is C15H22N2O3. The number of methoxy groups -OCH3 is 1. The number of hydrogen-bond acceptors (Lipinski definition) is 3. The minimum Gasteiger partial charge on any atom is -0.384 e. The van der Waals surface area contributed by atoms with Crippen molar-refractivity contribution >= 4 is 23.2 Å². The average molecular weight is 278 g/mol. The Kier molecular flexibility index (Phi) is 6.73. The molecule has 0 spiro atoms. The fourth-order valence-electron chi connectivity index (χ4n) is 1.55. The highest BCUT2D eigenvalue weighted by molar-refractivity contribution is 6.00. The van der Waals surface area contributed by atoms with Crippen molar-refractivity contribution in [3.8, 4) is 0 Å². The summed E-state index contributed by atoms with van der Waals surface area (Å²) in [5, 5.41) is 5.61. The van der Waals surface area contributed by atoms with Gasteiger partial charge in [0.1, 0.15) is 0 Å². The minimum absolute atomic E-state index is 0.0499. The Morgan fingerprint density at radius 2 is 1.80 bits per heavy atom. The van der Waals surface area contributed by atoms with Crippen molar-refractivity contribution in [2.75, 3.05) is 24.4 Å². The van der Waals surface area contributed by atoms with Crippen LogP contribution in [0.3, 0.4) is 0 Å². The molecule has 0 aliphatic carbocycles. The zero-order valence-electron chi connectivity index (χ0n) is 12.2. The molecule has 1 aromatic rings. The maximum Gasteiger partial charge on any atom is 0.227 e. The van der Waals surface area contributed by atoms with Gasteiger partial charge in [-0.05, 0) is 18.6 Å².